The zero-order chi connectivity index (χ0) is 14.0. The molecule has 0 radical (unpaired) electrons. The number of nitrogens with zero attached hydrogens (tertiary/aromatic N) is 2. The molecule has 6 heteroatoms. The van der Waals surface area contributed by atoms with E-state index in [1.54, 1.807) is 31.4 Å². The van der Waals surface area contributed by atoms with Crippen molar-refractivity contribution in [3.05, 3.63) is 45.5 Å². The zero-order valence-electron chi connectivity index (χ0n) is 10.3. The van der Waals surface area contributed by atoms with E-state index in [1.807, 2.05) is 0 Å². The van der Waals surface area contributed by atoms with E-state index in [2.05, 4.69) is 9.97 Å². The highest BCUT2D eigenvalue weighted by molar-refractivity contribution is 7.98. The first-order valence-corrected chi connectivity index (χ1v) is 6.65. The van der Waals surface area contributed by atoms with Gasteiger partial charge in [-0.05, 0) is 24.8 Å². The highest BCUT2D eigenvalue weighted by Gasteiger charge is 2.17. The van der Waals surface area contributed by atoms with Gasteiger partial charge in [0.2, 0.25) is 0 Å². The van der Waals surface area contributed by atoms with Crippen LogP contribution in [0.15, 0.2) is 28.2 Å². The molecule has 1 aromatic heterocycles. The van der Waals surface area contributed by atoms with Crippen LogP contribution in [0, 0.1) is 24.1 Å². The molecule has 96 valence electrons. The van der Waals surface area contributed by atoms with Gasteiger partial charge in [0, 0.05) is 5.56 Å². The first-order chi connectivity index (χ1) is 9.08. The number of aromatic amines is 1. The number of hydrogen-bond donors (Lipinski definition) is 1. The SMILES string of the molecule is CSc1nc(-c2cccc(C)c2F)c(C#N)c(=O)[nH]1. The summed E-state index contributed by atoms with van der Waals surface area (Å²) in [6, 6.07) is 6.57. The standard InChI is InChI=1S/C13H10FN3OS/c1-7-4-3-5-8(10(7)14)11-9(6-15)12(18)17-13(16-11)19-2/h3-5H,1-2H3,(H,16,17,18). The minimum absolute atomic E-state index is 0.0804. The largest absolute Gasteiger partial charge is 0.300 e. The summed E-state index contributed by atoms with van der Waals surface area (Å²) < 4.78 is 14.1. The number of hydrogen-bond acceptors (Lipinski definition) is 4. The van der Waals surface area contributed by atoms with Gasteiger partial charge in [0.1, 0.15) is 17.4 Å². The zero-order valence-corrected chi connectivity index (χ0v) is 11.1. The molecule has 1 N–H and O–H groups in total. The van der Waals surface area contributed by atoms with Crippen LogP contribution in [0.5, 0.6) is 0 Å². The molecule has 19 heavy (non-hydrogen) atoms. The highest BCUT2D eigenvalue weighted by Crippen LogP contribution is 2.25. The number of thioether (sulfide) groups is 1. The molecule has 0 saturated carbocycles. The van der Waals surface area contributed by atoms with Gasteiger partial charge in [0.25, 0.3) is 5.56 Å². The van der Waals surface area contributed by atoms with Gasteiger partial charge in [-0.2, -0.15) is 5.26 Å². The van der Waals surface area contributed by atoms with Gasteiger partial charge in [0.15, 0.2) is 5.16 Å². The first-order valence-electron chi connectivity index (χ1n) is 5.42. The lowest BCUT2D eigenvalue weighted by molar-refractivity contribution is 0.621. The smallest absolute Gasteiger partial charge is 0.270 e. The van der Waals surface area contributed by atoms with Crippen LogP contribution in [0.1, 0.15) is 11.1 Å². The van der Waals surface area contributed by atoms with Gasteiger partial charge in [-0.15, -0.1) is 0 Å². The summed E-state index contributed by atoms with van der Waals surface area (Å²) in [7, 11) is 0. The third kappa shape index (κ3) is 2.37. The summed E-state index contributed by atoms with van der Waals surface area (Å²) in [6.07, 6.45) is 1.74. The molecule has 2 rings (SSSR count). The van der Waals surface area contributed by atoms with Crippen LogP contribution in [-0.4, -0.2) is 16.2 Å². The van der Waals surface area contributed by atoms with Crippen LogP contribution in [0.3, 0.4) is 0 Å². The van der Waals surface area contributed by atoms with Crippen molar-refractivity contribution in [3.8, 4) is 17.3 Å². The lowest BCUT2D eigenvalue weighted by Gasteiger charge is -2.07. The van der Waals surface area contributed by atoms with E-state index in [9.17, 15) is 9.18 Å². The van der Waals surface area contributed by atoms with Crippen molar-refractivity contribution in [1.29, 1.82) is 5.26 Å². The molecular formula is C13H10FN3OS. The molecule has 4 nitrogen and oxygen atoms in total. The van der Waals surface area contributed by atoms with Crippen LogP contribution in [0.4, 0.5) is 4.39 Å². The van der Waals surface area contributed by atoms with Crippen LogP contribution in [0.25, 0.3) is 11.3 Å². The van der Waals surface area contributed by atoms with Crippen LogP contribution in [0.2, 0.25) is 0 Å². The predicted molar refractivity (Wildman–Crippen MR) is 71.5 cm³/mol. The summed E-state index contributed by atoms with van der Waals surface area (Å²) in [5, 5.41) is 9.39. The molecule has 0 saturated heterocycles. The molecule has 1 heterocycles. The Labute approximate surface area is 113 Å². The Kier molecular flexibility index (Phi) is 3.67. The van der Waals surface area contributed by atoms with Crippen molar-refractivity contribution in [2.75, 3.05) is 6.26 Å². The monoisotopic (exact) mass is 275 g/mol. The van der Waals surface area contributed by atoms with Crippen LogP contribution in [-0.2, 0) is 0 Å². The third-order valence-electron chi connectivity index (χ3n) is 2.65. The van der Waals surface area contributed by atoms with E-state index >= 15 is 0 Å². The molecule has 2 aromatic rings. The van der Waals surface area contributed by atoms with Crippen molar-refractivity contribution in [2.45, 2.75) is 12.1 Å². The van der Waals surface area contributed by atoms with Crippen LogP contribution < -0.4 is 5.56 Å². The van der Waals surface area contributed by atoms with Gasteiger partial charge in [-0.25, -0.2) is 9.37 Å². The Bertz CT molecular complexity index is 734. The average molecular weight is 275 g/mol. The third-order valence-corrected chi connectivity index (χ3v) is 3.23. The van der Waals surface area contributed by atoms with E-state index in [0.717, 1.165) is 0 Å². The van der Waals surface area contributed by atoms with E-state index in [1.165, 1.54) is 17.8 Å². The Morgan fingerprint density at radius 1 is 1.47 bits per heavy atom. The van der Waals surface area contributed by atoms with Crippen molar-refractivity contribution < 1.29 is 4.39 Å². The van der Waals surface area contributed by atoms with E-state index in [-0.39, 0.29) is 16.8 Å². The fourth-order valence-corrected chi connectivity index (χ4v) is 2.06. The quantitative estimate of drug-likeness (QED) is 0.675. The Morgan fingerprint density at radius 3 is 2.84 bits per heavy atom. The summed E-state index contributed by atoms with van der Waals surface area (Å²) >= 11 is 1.22. The summed E-state index contributed by atoms with van der Waals surface area (Å²) in [5.74, 6) is -0.468. The van der Waals surface area contributed by atoms with E-state index in [0.29, 0.717) is 10.7 Å². The number of benzene rings is 1. The summed E-state index contributed by atoms with van der Waals surface area (Å²) in [6.45, 7) is 1.62. The van der Waals surface area contributed by atoms with Crippen LogP contribution >= 0.6 is 11.8 Å². The number of halogens is 1. The van der Waals surface area contributed by atoms with Crippen molar-refractivity contribution in [1.82, 2.24) is 9.97 Å². The number of H-pyrrole nitrogens is 1. The first kappa shape index (κ1) is 13.3. The molecule has 0 aliphatic heterocycles. The van der Waals surface area contributed by atoms with Gasteiger partial charge >= 0.3 is 0 Å². The van der Waals surface area contributed by atoms with Gasteiger partial charge in [-0.3, -0.25) is 4.79 Å². The summed E-state index contributed by atoms with van der Waals surface area (Å²) in [5.41, 5.74) is -0.0519. The summed E-state index contributed by atoms with van der Waals surface area (Å²) in [4.78, 5) is 18.4. The minimum Gasteiger partial charge on any atom is -0.300 e. The lowest BCUT2D eigenvalue weighted by atomic mass is 10.0. The van der Waals surface area contributed by atoms with E-state index in [4.69, 9.17) is 5.26 Å². The molecular weight excluding hydrogens is 265 g/mol. The molecule has 0 unspecified atom stereocenters. The molecule has 0 atom stereocenters. The fraction of sp³-hybridized carbons (Fsp3) is 0.154. The molecule has 0 amide bonds. The highest BCUT2D eigenvalue weighted by atomic mass is 32.2. The Morgan fingerprint density at radius 2 is 2.21 bits per heavy atom. The van der Waals surface area contributed by atoms with Crippen molar-refractivity contribution in [3.63, 3.8) is 0 Å². The minimum atomic E-state index is -0.558. The average Bonchev–Trinajstić information content (AvgIpc) is 2.41. The topological polar surface area (TPSA) is 69.5 Å². The van der Waals surface area contributed by atoms with Gasteiger partial charge in [-0.1, -0.05) is 23.9 Å². The molecule has 0 aliphatic carbocycles. The number of nitriles is 1. The molecule has 0 fully saturated rings. The van der Waals surface area contributed by atoms with E-state index < -0.39 is 11.4 Å². The maximum atomic E-state index is 14.1. The molecule has 0 spiro atoms. The normalized spacial score (nSPS) is 10.2. The number of aryl methyl sites for hydroxylation is 1. The maximum absolute atomic E-state index is 14.1. The second-order valence-electron chi connectivity index (χ2n) is 3.85. The fourth-order valence-electron chi connectivity index (χ4n) is 1.68. The second-order valence-corrected chi connectivity index (χ2v) is 4.64. The number of nitrogens with one attached hydrogen (secondary N) is 1. The second kappa shape index (κ2) is 5.24. The number of aromatic nitrogens is 2. The number of rotatable bonds is 2. The van der Waals surface area contributed by atoms with Gasteiger partial charge < -0.3 is 4.98 Å². The Balaban J connectivity index is 2.81. The molecule has 1 aromatic carbocycles. The molecule has 0 aliphatic rings. The lowest BCUT2D eigenvalue weighted by Crippen LogP contribution is -2.15. The Hall–Kier alpha value is -2.13. The van der Waals surface area contributed by atoms with Crippen molar-refractivity contribution >= 4 is 11.8 Å². The molecule has 0 bridgehead atoms. The maximum Gasteiger partial charge on any atom is 0.270 e. The van der Waals surface area contributed by atoms with Crippen molar-refractivity contribution in [2.24, 2.45) is 0 Å². The van der Waals surface area contributed by atoms with Gasteiger partial charge in [0.05, 0.1) is 5.69 Å². The predicted octanol–water partition coefficient (Wildman–Crippen LogP) is 2.48.